The molecule has 0 aliphatic carbocycles. The van der Waals surface area contributed by atoms with Crippen molar-refractivity contribution in [2.24, 2.45) is 0 Å². The van der Waals surface area contributed by atoms with E-state index in [-0.39, 0.29) is 17.2 Å². The first-order chi connectivity index (χ1) is 9.81. The summed E-state index contributed by atoms with van der Waals surface area (Å²) in [6.45, 7) is 4.92. The van der Waals surface area contributed by atoms with Crippen LogP contribution in [0, 0.1) is 10.1 Å². The topological polar surface area (TPSA) is 113 Å². The summed E-state index contributed by atoms with van der Waals surface area (Å²) in [6.07, 6.45) is -0.494. The maximum atomic E-state index is 11.9. The van der Waals surface area contributed by atoms with Gasteiger partial charge >= 0.3 is 5.97 Å². The van der Waals surface area contributed by atoms with Crippen LogP contribution >= 0.6 is 0 Å². The fourth-order valence-electron chi connectivity index (χ4n) is 1.33. The number of ether oxygens (including phenoxy) is 1. The summed E-state index contributed by atoms with van der Waals surface area (Å²) in [4.78, 5) is 21.0. The number of hydrogen-bond acceptors (Lipinski definition) is 7. The lowest BCUT2D eigenvalue weighted by Crippen LogP contribution is -2.27. The molecule has 21 heavy (non-hydrogen) atoms. The monoisotopic (exact) mass is 315 g/mol. The standard InChI is InChI=1S/C12H13NO7S/c1-3-11(12(14)19-4-2)20-21(17,18)10-7-5-9(6-8-10)13(15)16/h3,5-8,11H,1,4H2,2H3. The second-order valence-corrected chi connectivity index (χ2v) is 5.28. The molecule has 0 aliphatic heterocycles. The Kier molecular flexibility index (Phi) is 5.56. The van der Waals surface area contributed by atoms with Gasteiger partial charge in [0.05, 0.1) is 16.4 Å². The van der Waals surface area contributed by atoms with Crippen LogP contribution in [-0.2, 0) is 23.8 Å². The molecule has 1 rings (SSSR count). The summed E-state index contributed by atoms with van der Waals surface area (Å²) in [5.74, 6) is -0.891. The summed E-state index contributed by atoms with van der Waals surface area (Å²) < 4.78 is 33.2. The van der Waals surface area contributed by atoms with Crippen LogP contribution in [0.5, 0.6) is 0 Å². The van der Waals surface area contributed by atoms with E-state index in [2.05, 4.69) is 11.3 Å². The Morgan fingerprint density at radius 2 is 2.00 bits per heavy atom. The molecule has 1 aromatic carbocycles. The predicted molar refractivity (Wildman–Crippen MR) is 72.0 cm³/mol. The van der Waals surface area contributed by atoms with Crippen molar-refractivity contribution in [3.8, 4) is 0 Å². The van der Waals surface area contributed by atoms with Crippen LogP contribution in [0.15, 0.2) is 41.8 Å². The summed E-state index contributed by atoms with van der Waals surface area (Å²) in [6, 6.07) is 4.06. The molecule has 0 aliphatic rings. The van der Waals surface area contributed by atoms with E-state index >= 15 is 0 Å². The number of esters is 1. The third kappa shape index (κ3) is 4.36. The average molecular weight is 315 g/mol. The smallest absolute Gasteiger partial charge is 0.340 e. The quantitative estimate of drug-likeness (QED) is 0.246. The molecule has 8 nitrogen and oxygen atoms in total. The highest BCUT2D eigenvalue weighted by Crippen LogP contribution is 2.19. The van der Waals surface area contributed by atoms with E-state index < -0.39 is 27.1 Å². The van der Waals surface area contributed by atoms with Crippen molar-refractivity contribution >= 4 is 21.8 Å². The van der Waals surface area contributed by atoms with E-state index in [9.17, 15) is 23.3 Å². The maximum Gasteiger partial charge on any atom is 0.340 e. The fraction of sp³-hybridized carbons (Fsp3) is 0.250. The van der Waals surface area contributed by atoms with Gasteiger partial charge in [-0.15, -0.1) is 0 Å². The molecule has 0 radical (unpaired) electrons. The molecular formula is C12H13NO7S. The molecular weight excluding hydrogens is 302 g/mol. The number of nitro groups is 1. The summed E-state index contributed by atoms with van der Waals surface area (Å²) in [5.41, 5.74) is -0.264. The lowest BCUT2D eigenvalue weighted by Gasteiger charge is -2.12. The molecule has 0 fully saturated rings. The van der Waals surface area contributed by atoms with Gasteiger partial charge in [-0.05, 0) is 19.1 Å². The van der Waals surface area contributed by atoms with Gasteiger partial charge in [0.1, 0.15) is 0 Å². The molecule has 0 saturated carbocycles. The van der Waals surface area contributed by atoms with E-state index in [1.807, 2.05) is 0 Å². The van der Waals surface area contributed by atoms with Crippen LogP contribution < -0.4 is 0 Å². The van der Waals surface area contributed by atoms with E-state index in [0.717, 1.165) is 30.3 Å². The average Bonchev–Trinajstić information content (AvgIpc) is 2.45. The summed E-state index contributed by atoms with van der Waals surface area (Å²) in [7, 11) is -4.27. The molecule has 0 bridgehead atoms. The van der Waals surface area contributed by atoms with Gasteiger partial charge < -0.3 is 4.74 Å². The number of nitro benzene ring substituents is 1. The van der Waals surface area contributed by atoms with Crippen LogP contribution in [0.25, 0.3) is 0 Å². The van der Waals surface area contributed by atoms with Crippen LogP contribution in [0.4, 0.5) is 5.69 Å². The molecule has 0 heterocycles. The number of benzene rings is 1. The van der Waals surface area contributed by atoms with Gasteiger partial charge in [-0.25, -0.2) is 8.98 Å². The third-order valence-electron chi connectivity index (χ3n) is 2.30. The van der Waals surface area contributed by atoms with Crippen molar-refractivity contribution in [3.63, 3.8) is 0 Å². The van der Waals surface area contributed by atoms with E-state index in [0.29, 0.717) is 0 Å². The number of carbonyl (C=O) groups is 1. The molecule has 1 atom stereocenters. The molecule has 114 valence electrons. The minimum absolute atomic E-state index is 0.0596. The minimum atomic E-state index is -4.27. The zero-order valence-corrected chi connectivity index (χ0v) is 11.9. The fourth-order valence-corrected chi connectivity index (χ4v) is 2.34. The van der Waals surface area contributed by atoms with Crippen molar-refractivity contribution in [1.29, 1.82) is 0 Å². The van der Waals surface area contributed by atoms with Crippen LogP contribution in [0.3, 0.4) is 0 Å². The number of rotatable bonds is 7. The second-order valence-electron chi connectivity index (χ2n) is 3.71. The normalized spacial score (nSPS) is 12.4. The zero-order chi connectivity index (χ0) is 16.0. The Hall–Kier alpha value is -2.26. The maximum absolute atomic E-state index is 11.9. The van der Waals surface area contributed by atoms with Crippen LogP contribution in [0.1, 0.15) is 6.92 Å². The Bertz CT molecular complexity index is 636. The van der Waals surface area contributed by atoms with E-state index in [1.165, 1.54) is 0 Å². The molecule has 9 heteroatoms. The van der Waals surface area contributed by atoms with Crippen molar-refractivity contribution < 1.29 is 27.1 Å². The molecule has 0 spiro atoms. The van der Waals surface area contributed by atoms with Gasteiger partial charge in [-0.3, -0.25) is 10.1 Å². The lowest BCUT2D eigenvalue weighted by molar-refractivity contribution is -0.384. The number of carbonyl (C=O) groups excluding carboxylic acids is 1. The lowest BCUT2D eigenvalue weighted by atomic mass is 10.3. The first-order valence-electron chi connectivity index (χ1n) is 5.78. The van der Waals surface area contributed by atoms with Gasteiger partial charge in [-0.1, -0.05) is 12.7 Å². The van der Waals surface area contributed by atoms with Crippen molar-refractivity contribution in [2.45, 2.75) is 17.9 Å². The van der Waals surface area contributed by atoms with Gasteiger partial charge in [0, 0.05) is 12.1 Å². The predicted octanol–water partition coefficient (Wildman–Crippen LogP) is 1.42. The SMILES string of the molecule is C=CC(OS(=O)(=O)c1ccc([N+](=O)[O-])cc1)C(=O)OCC. The Balaban J connectivity index is 2.97. The highest BCUT2D eigenvalue weighted by Gasteiger charge is 2.26. The van der Waals surface area contributed by atoms with E-state index in [4.69, 9.17) is 4.18 Å². The first-order valence-corrected chi connectivity index (χ1v) is 7.19. The Labute approximate surface area is 121 Å². The van der Waals surface area contributed by atoms with Crippen molar-refractivity contribution in [3.05, 3.63) is 47.0 Å². The minimum Gasteiger partial charge on any atom is -0.464 e. The van der Waals surface area contributed by atoms with Crippen LogP contribution in [0.2, 0.25) is 0 Å². The molecule has 1 unspecified atom stereocenters. The number of non-ortho nitro benzene ring substituents is 1. The number of hydrogen-bond donors (Lipinski definition) is 0. The van der Waals surface area contributed by atoms with Gasteiger partial charge in [0.2, 0.25) is 0 Å². The Morgan fingerprint density at radius 1 is 1.43 bits per heavy atom. The number of nitrogens with zero attached hydrogens (tertiary/aromatic N) is 1. The highest BCUT2D eigenvalue weighted by atomic mass is 32.2. The molecule has 0 saturated heterocycles. The van der Waals surface area contributed by atoms with Gasteiger partial charge in [0.25, 0.3) is 15.8 Å². The van der Waals surface area contributed by atoms with Crippen LogP contribution in [-0.4, -0.2) is 32.0 Å². The van der Waals surface area contributed by atoms with Gasteiger partial charge in [-0.2, -0.15) is 8.42 Å². The van der Waals surface area contributed by atoms with Crippen molar-refractivity contribution in [1.82, 2.24) is 0 Å². The molecule has 0 aromatic heterocycles. The highest BCUT2D eigenvalue weighted by molar-refractivity contribution is 7.86. The third-order valence-corrected chi connectivity index (χ3v) is 3.61. The van der Waals surface area contributed by atoms with Gasteiger partial charge in [0.15, 0.2) is 6.10 Å². The summed E-state index contributed by atoms with van der Waals surface area (Å²) >= 11 is 0. The second kappa shape index (κ2) is 6.95. The molecule has 0 N–H and O–H groups in total. The Morgan fingerprint density at radius 3 is 2.43 bits per heavy atom. The first kappa shape index (κ1) is 16.8. The molecule has 0 amide bonds. The largest absolute Gasteiger partial charge is 0.464 e. The van der Waals surface area contributed by atoms with E-state index in [1.54, 1.807) is 6.92 Å². The van der Waals surface area contributed by atoms with Crippen molar-refractivity contribution in [2.75, 3.05) is 6.61 Å². The zero-order valence-electron chi connectivity index (χ0n) is 11.1. The molecule has 1 aromatic rings. The summed E-state index contributed by atoms with van der Waals surface area (Å²) in [5, 5.41) is 10.5.